The fourth-order valence-electron chi connectivity index (χ4n) is 1.77. The zero-order valence-corrected chi connectivity index (χ0v) is 14.8. The molecule has 0 spiro atoms. The Morgan fingerprint density at radius 1 is 1.30 bits per heavy atom. The average Bonchev–Trinajstić information content (AvgIpc) is 3.01. The van der Waals surface area contributed by atoms with E-state index in [1.54, 1.807) is 12.4 Å². The van der Waals surface area contributed by atoms with E-state index in [1.165, 1.54) is 18.0 Å². The summed E-state index contributed by atoms with van der Waals surface area (Å²) in [6.07, 6.45) is 4.75. The number of hydrogen-bond acceptors (Lipinski definition) is 6. The van der Waals surface area contributed by atoms with Crippen LogP contribution in [-0.4, -0.2) is 15.0 Å². The summed E-state index contributed by atoms with van der Waals surface area (Å²) in [7, 11) is 0. The first-order valence-corrected chi connectivity index (χ1v) is 8.38. The van der Waals surface area contributed by atoms with Crippen LogP contribution in [0.4, 0.5) is 0 Å². The molecule has 8 heteroatoms. The highest BCUT2D eigenvalue weighted by Crippen LogP contribution is 2.38. The first-order chi connectivity index (χ1) is 11.0. The lowest BCUT2D eigenvalue weighted by Gasteiger charge is -2.06. The van der Waals surface area contributed by atoms with Crippen LogP contribution < -0.4 is 5.73 Å². The molecular weight excluding hydrogens is 400 g/mol. The Bertz CT molecular complexity index is 866. The standard InChI is InChI=1S/C15H10BrClN4OS/c1-8(18)10-7-22-15(21-10)9-3-2-4-11(14(9)17)23-13-6-19-12(16)5-20-13/h2-7H,1,18H2. The van der Waals surface area contributed by atoms with Gasteiger partial charge in [-0.15, -0.1) is 0 Å². The van der Waals surface area contributed by atoms with Crippen LogP contribution in [0, 0.1) is 0 Å². The quantitative estimate of drug-likeness (QED) is 0.677. The van der Waals surface area contributed by atoms with Crippen LogP contribution in [-0.2, 0) is 0 Å². The number of oxazole rings is 1. The molecule has 23 heavy (non-hydrogen) atoms. The van der Waals surface area contributed by atoms with E-state index < -0.39 is 0 Å². The van der Waals surface area contributed by atoms with Gasteiger partial charge in [0.2, 0.25) is 5.89 Å². The molecule has 0 saturated carbocycles. The zero-order chi connectivity index (χ0) is 16.4. The molecule has 0 unspecified atom stereocenters. The molecule has 0 bridgehead atoms. The van der Waals surface area contributed by atoms with Gasteiger partial charge in [-0.25, -0.2) is 15.0 Å². The lowest BCUT2D eigenvalue weighted by Crippen LogP contribution is -1.93. The summed E-state index contributed by atoms with van der Waals surface area (Å²) >= 11 is 11.1. The number of hydrogen-bond donors (Lipinski definition) is 1. The fraction of sp³-hybridized carbons (Fsp3) is 0. The Labute approximate surface area is 150 Å². The molecule has 0 radical (unpaired) electrons. The van der Waals surface area contributed by atoms with Gasteiger partial charge < -0.3 is 10.2 Å². The van der Waals surface area contributed by atoms with Gasteiger partial charge in [0.15, 0.2) is 0 Å². The second kappa shape index (κ2) is 6.74. The lowest BCUT2D eigenvalue weighted by atomic mass is 10.2. The van der Waals surface area contributed by atoms with Crippen LogP contribution in [0.25, 0.3) is 17.2 Å². The number of nitrogens with two attached hydrogens (primary N) is 1. The molecule has 0 aliphatic rings. The molecule has 1 aromatic carbocycles. The molecule has 2 aromatic heterocycles. The van der Waals surface area contributed by atoms with Crippen molar-refractivity contribution in [3.05, 3.63) is 58.8 Å². The van der Waals surface area contributed by atoms with Crippen LogP contribution in [0.15, 0.2) is 62.4 Å². The largest absolute Gasteiger partial charge is 0.444 e. The minimum Gasteiger partial charge on any atom is -0.444 e. The van der Waals surface area contributed by atoms with Crippen molar-refractivity contribution in [2.24, 2.45) is 5.73 Å². The topological polar surface area (TPSA) is 77.8 Å². The summed E-state index contributed by atoms with van der Waals surface area (Å²) in [5.41, 5.74) is 7.12. The molecule has 0 saturated heterocycles. The highest BCUT2D eigenvalue weighted by atomic mass is 79.9. The van der Waals surface area contributed by atoms with Gasteiger partial charge in [-0.1, -0.05) is 36.0 Å². The molecular formula is C15H10BrClN4OS. The Hall–Kier alpha value is -1.83. The van der Waals surface area contributed by atoms with Crippen LogP contribution in [0.2, 0.25) is 5.02 Å². The Morgan fingerprint density at radius 2 is 2.13 bits per heavy atom. The van der Waals surface area contributed by atoms with Gasteiger partial charge in [0.25, 0.3) is 0 Å². The monoisotopic (exact) mass is 408 g/mol. The molecule has 0 amide bonds. The van der Waals surface area contributed by atoms with Crippen molar-refractivity contribution in [3.63, 3.8) is 0 Å². The van der Waals surface area contributed by atoms with Gasteiger partial charge in [0.05, 0.1) is 28.7 Å². The second-order valence-electron chi connectivity index (χ2n) is 4.46. The van der Waals surface area contributed by atoms with Crippen LogP contribution in [0.3, 0.4) is 0 Å². The lowest BCUT2D eigenvalue weighted by molar-refractivity contribution is 0.574. The molecule has 3 rings (SSSR count). The number of halogens is 2. The van der Waals surface area contributed by atoms with Crippen LogP contribution >= 0.6 is 39.3 Å². The minimum atomic E-state index is 0.340. The van der Waals surface area contributed by atoms with E-state index in [0.717, 1.165) is 9.92 Å². The third kappa shape index (κ3) is 3.57. The van der Waals surface area contributed by atoms with E-state index in [2.05, 4.69) is 37.5 Å². The summed E-state index contributed by atoms with van der Waals surface area (Å²) < 4.78 is 6.11. The fourth-order valence-corrected chi connectivity index (χ4v) is 3.08. The first kappa shape index (κ1) is 16.0. The van der Waals surface area contributed by atoms with E-state index in [1.807, 2.05) is 18.2 Å². The third-order valence-corrected chi connectivity index (χ3v) is 4.75. The maximum Gasteiger partial charge on any atom is 0.228 e. The SMILES string of the molecule is C=C(N)c1coc(-c2cccc(Sc3cnc(Br)cn3)c2Cl)n1. The molecule has 5 nitrogen and oxygen atoms in total. The third-order valence-electron chi connectivity index (χ3n) is 2.84. The van der Waals surface area contributed by atoms with Crippen molar-refractivity contribution in [3.8, 4) is 11.5 Å². The van der Waals surface area contributed by atoms with E-state index in [9.17, 15) is 0 Å². The molecule has 3 aromatic rings. The molecule has 0 atom stereocenters. The molecule has 0 aliphatic carbocycles. The Balaban J connectivity index is 1.94. The van der Waals surface area contributed by atoms with Gasteiger partial charge in [0.1, 0.15) is 21.6 Å². The number of rotatable bonds is 4. The second-order valence-corrected chi connectivity index (χ2v) is 6.71. The summed E-state index contributed by atoms with van der Waals surface area (Å²) in [5.74, 6) is 0.390. The van der Waals surface area contributed by atoms with Crippen molar-refractivity contribution in [2.45, 2.75) is 9.92 Å². The molecule has 0 aliphatic heterocycles. The Kier molecular flexibility index (Phi) is 4.70. The van der Waals surface area contributed by atoms with Gasteiger partial charge in [-0.3, -0.25) is 0 Å². The van der Waals surface area contributed by atoms with Crippen LogP contribution in [0.5, 0.6) is 0 Å². The first-order valence-electron chi connectivity index (χ1n) is 6.39. The zero-order valence-electron chi connectivity index (χ0n) is 11.7. The van der Waals surface area contributed by atoms with Crippen molar-refractivity contribution < 1.29 is 4.42 Å². The summed E-state index contributed by atoms with van der Waals surface area (Å²) in [5, 5.41) is 1.26. The molecule has 116 valence electrons. The molecule has 0 fully saturated rings. The van der Waals surface area contributed by atoms with Gasteiger partial charge in [0, 0.05) is 4.90 Å². The van der Waals surface area contributed by atoms with E-state index in [-0.39, 0.29) is 0 Å². The van der Waals surface area contributed by atoms with E-state index in [0.29, 0.717) is 32.5 Å². The summed E-state index contributed by atoms with van der Waals surface area (Å²) in [6, 6.07) is 5.59. The van der Waals surface area contributed by atoms with Crippen molar-refractivity contribution in [2.75, 3.05) is 0 Å². The minimum absolute atomic E-state index is 0.340. The average molecular weight is 410 g/mol. The maximum absolute atomic E-state index is 6.48. The van der Waals surface area contributed by atoms with Crippen molar-refractivity contribution >= 4 is 45.0 Å². The van der Waals surface area contributed by atoms with Gasteiger partial charge in [-0.2, -0.15) is 0 Å². The van der Waals surface area contributed by atoms with Gasteiger partial charge in [-0.05, 0) is 28.1 Å². The molecule has 2 N–H and O–H groups in total. The predicted molar refractivity (Wildman–Crippen MR) is 94.0 cm³/mol. The van der Waals surface area contributed by atoms with Gasteiger partial charge >= 0.3 is 0 Å². The van der Waals surface area contributed by atoms with Crippen molar-refractivity contribution in [1.82, 2.24) is 15.0 Å². The normalized spacial score (nSPS) is 10.7. The summed E-state index contributed by atoms with van der Waals surface area (Å²) in [6.45, 7) is 3.63. The number of nitrogens with zero attached hydrogens (tertiary/aromatic N) is 3. The van der Waals surface area contributed by atoms with Crippen molar-refractivity contribution in [1.29, 1.82) is 0 Å². The highest BCUT2D eigenvalue weighted by molar-refractivity contribution is 9.10. The Morgan fingerprint density at radius 3 is 2.78 bits per heavy atom. The smallest absolute Gasteiger partial charge is 0.228 e. The van der Waals surface area contributed by atoms with Crippen LogP contribution in [0.1, 0.15) is 5.69 Å². The maximum atomic E-state index is 6.48. The van der Waals surface area contributed by atoms with E-state index >= 15 is 0 Å². The summed E-state index contributed by atoms with van der Waals surface area (Å²) in [4.78, 5) is 13.5. The number of aromatic nitrogens is 3. The highest BCUT2D eigenvalue weighted by Gasteiger charge is 2.15. The van der Waals surface area contributed by atoms with E-state index in [4.69, 9.17) is 21.8 Å². The predicted octanol–water partition coefficient (Wildman–Crippen LogP) is 4.63. The number of benzene rings is 1. The molecule has 2 heterocycles.